The molecule has 0 saturated heterocycles. The fourth-order valence-corrected chi connectivity index (χ4v) is 5.21. The van der Waals surface area contributed by atoms with Crippen molar-refractivity contribution in [2.45, 2.75) is 39.4 Å². The van der Waals surface area contributed by atoms with Crippen LogP contribution in [0.25, 0.3) is 0 Å². The molecule has 0 radical (unpaired) electrons. The molecule has 1 aliphatic carbocycles. The van der Waals surface area contributed by atoms with Gasteiger partial charge < -0.3 is 15.2 Å². The highest BCUT2D eigenvalue weighted by atomic mass is 32.1. The number of hydrogen-bond acceptors (Lipinski definition) is 5. The Labute approximate surface area is 181 Å². The Morgan fingerprint density at radius 3 is 2.50 bits per heavy atom. The first-order valence-electron chi connectivity index (χ1n) is 10.1. The summed E-state index contributed by atoms with van der Waals surface area (Å²) in [6, 6.07) is 17.4. The molecule has 0 spiro atoms. The van der Waals surface area contributed by atoms with Crippen LogP contribution in [-0.2, 0) is 24.2 Å². The van der Waals surface area contributed by atoms with E-state index in [1.54, 1.807) is 31.4 Å². The van der Waals surface area contributed by atoms with E-state index in [0.717, 1.165) is 24.2 Å². The van der Waals surface area contributed by atoms with Gasteiger partial charge in [-0.05, 0) is 47.2 Å². The van der Waals surface area contributed by atoms with E-state index in [0.29, 0.717) is 22.7 Å². The third-order valence-corrected chi connectivity index (χ3v) is 6.95. The first-order chi connectivity index (χ1) is 14.4. The van der Waals surface area contributed by atoms with Crippen LogP contribution in [0.1, 0.15) is 45.8 Å². The zero-order valence-corrected chi connectivity index (χ0v) is 18.4. The third-order valence-electron chi connectivity index (χ3n) is 5.87. The molecule has 1 aliphatic rings. The summed E-state index contributed by atoms with van der Waals surface area (Å²) >= 11 is 1.53. The van der Waals surface area contributed by atoms with Gasteiger partial charge >= 0.3 is 0 Å². The lowest BCUT2D eigenvalue weighted by atomic mass is 9.73. The molecule has 4 nitrogen and oxygen atoms in total. The molecule has 1 heterocycles. The van der Waals surface area contributed by atoms with Gasteiger partial charge in [0.2, 0.25) is 0 Å². The number of nitrogens with two attached hydrogens (primary N) is 1. The maximum absolute atomic E-state index is 13.3. The molecular formula is C25H27NO3S. The number of methoxy groups -OCH3 is 1. The van der Waals surface area contributed by atoms with Crippen molar-refractivity contribution in [3.05, 3.63) is 81.7 Å². The van der Waals surface area contributed by atoms with Crippen LogP contribution in [0.2, 0.25) is 0 Å². The first kappa shape index (κ1) is 20.6. The zero-order valence-electron chi connectivity index (χ0n) is 17.6. The Bertz CT molecular complexity index is 1040. The highest BCUT2D eigenvalue weighted by molar-refractivity contribution is 7.16. The summed E-state index contributed by atoms with van der Waals surface area (Å²) in [5.41, 5.74) is 9.80. The second kappa shape index (κ2) is 8.25. The van der Waals surface area contributed by atoms with E-state index in [9.17, 15) is 4.79 Å². The molecule has 156 valence electrons. The van der Waals surface area contributed by atoms with Crippen LogP contribution in [0, 0.1) is 5.41 Å². The lowest BCUT2D eigenvalue weighted by Crippen LogP contribution is -2.39. The minimum atomic E-state index is -0.0930. The molecule has 2 aromatic carbocycles. The fourth-order valence-electron chi connectivity index (χ4n) is 4.09. The fraction of sp³-hybridized carbons (Fsp3) is 0.320. The van der Waals surface area contributed by atoms with Crippen LogP contribution in [0.3, 0.4) is 0 Å². The number of hydrogen-bond donors (Lipinski definition) is 1. The maximum Gasteiger partial charge on any atom is 0.196 e. The number of fused-ring (bicyclic) bond motifs is 1. The van der Waals surface area contributed by atoms with Gasteiger partial charge in [0, 0.05) is 16.9 Å². The molecule has 3 aromatic rings. The molecule has 1 unspecified atom stereocenters. The van der Waals surface area contributed by atoms with Gasteiger partial charge in [-0.2, -0.15) is 0 Å². The van der Waals surface area contributed by atoms with E-state index in [1.807, 2.05) is 18.2 Å². The Balaban J connectivity index is 1.58. The SMILES string of the molecule is COc1ccc(C(=O)c2c(N)sc3c2CC(C)(C)C(OCc2ccccc2)C3)cc1. The van der Waals surface area contributed by atoms with Crippen molar-refractivity contribution in [1.82, 2.24) is 0 Å². The van der Waals surface area contributed by atoms with Crippen LogP contribution in [0.4, 0.5) is 5.00 Å². The Hall–Kier alpha value is -2.63. The van der Waals surface area contributed by atoms with E-state index in [1.165, 1.54) is 21.8 Å². The number of ether oxygens (including phenoxy) is 2. The van der Waals surface area contributed by atoms with E-state index in [-0.39, 0.29) is 17.3 Å². The molecule has 0 amide bonds. The summed E-state index contributed by atoms with van der Waals surface area (Å²) in [6.45, 7) is 5.00. The van der Waals surface area contributed by atoms with Gasteiger partial charge in [-0.25, -0.2) is 0 Å². The van der Waals surface area contributed by atoms with E-state index < -0.39 is 0 Å². The summed E-state index contributed by atoms with van der Waals surface area (Å²) in [5.74, 6) is 0.707. The maximum atomic E-state index is 13.3. The van der Waals surface area contributed by atoms with Gasteiger partial charge in [-0.3, -0.25) is 4.79 Å². The van der Waals surface area contributed by atoms with Gasteiger partial charge in [0.25, 0.3) is 0 Å². The lowest BCUT2D eigenvalue weighted by molar-refractivity contribution is -0.0397. The molecule has 0 aliphatic heterocycles. The van der Waals surface area contributed by atoms with Gasteiger partial charge in [-0.1, -0.05) is 44.2 Å². The molecule has 5 heteroatoms. The molecule has 0 bridgehead atoms. The normalized spacial score (nSPS) is 17.4. The molecule has 1 atom stereocenters. The molecule has 4 rings (SSSR count). The van der Waals surface area contributed by atoms with Crippen LogP contribution in [-0.4, -0.2) is 19.0 Å². The molecule has 30 heavy (non-hydrogen) atoms. The Kier molecular flexibility index (Phi) is 5.67. The van der Waals surface area contributed by atoms with E-state index >= 15 is 0 Å². The van der Waals surface area contributed by atoms with Crippen molar-refractivity contribution in [3.8, 4) is 5.75 Å². The highest BCUT2D eigenvalue weighted by Gasteiger charge is 2.39. The number of carbonyl (C=O) groups excluding carboxylic acids is 1. The third kappa shape index (κ3) is 4.00. The summed E-state index contributed by atoms with van der Waals surface area (Å²) < 4.78 is 11.5. The average molecular weight is 422 g/mol. The van der Waals surface area contributed by atoms with Crippen molar-refractivity contribution < 1.29 is 14.3 Å². The molecular weight excluding hydrogens is 394 g/mol. The van der Waals surface area contributed by atoms with Gasteiger partial charge in [0.15, 0.2) is 5.78 Å². The predicted molar refractivity (Wildman–Crippen MR) is 121 cm³/mol. The molecule has 0 saturated carbocycles. The van der Waals surface area contributed by atoms with Crippen molar-refractivity contribution in [1.29, 1.82) is 0 Å². The zero-order chi connectivity index (χ0) is 21.3. The number of anilines is 1. The van der Waals surface area contributed by atoms with Crippen molar-refractivity contribution in [2.75, 3.05) is 12.8 Å². The number of carbonyl (C=O) groups is 1. The second-order valence-electron chi connectivity index (χ2n) is 8.46. The molecule has 1 aromatic heterocycles. The minimum Gasteiger partial charge on any atom is -0.497 e. The number of rotatable bonds is 6. The first-order valence-corrected chi connectivity index (χ1v) is 10.9. The number of ketones is 1. The lowest BCUT2D eigenvalue weighted by Gasteiger charge is -2.38. The summed E-state index contributed by atoms with van der Waals surface area (Å²) in [5, 5.41) is 0.598. The van der Waals surface area contributed by atoms with E-state index in [2.05, 4.69) is 26.0 Å². The largest absolute Gasteiger partial charge is 0.497 e. The Morgan fingerprint density at radius 1 is 1.13 bits per heavy atom. The molecule has 2 N–H and O–H groups in total. The monoisotopic (exact) mass is 421 g/mol. The van der Waals surface area contributed by atoms with Crippen LogP contribution in [0.5, 0.6) is 5.75 Å². The van der Waals surface area contributed by atoms with Crippen LogP contribution < -0.4 is 10.5 Å². The van der Waals surface area contributed by atoms with Crippen molar-refractivity contribution in [2.24, 2.45) is 5.41 Å². The van der Waals surface area contributed by atoms with Gasteiger partial charge in [-0.15, -0.1) is 11.3 Å². The average Bonchev–Trinajstić information content (AvgIpc) is 3.05. The van der Waals surface area contributed by atoms with Crippen LogP contribution in [0.15, 0.2) is 54.6 Å². The number of thiophene rings is 1. The summed E-state index contributed by atoms with van der Waals surface area (Å²) in [4.78, 5) is 14.4. The smallest absolute Gasteiger partial charge is 0.196 e. The topological polar surface area (TPSA) is 61.5 Å². The van der Waals surface area contributed by atoms with Crippen molar-refractivity contribution >= 4 is 22.1 Å². The predicted octanol–water partition coefficient (Wildman–Crippen LogP) is 5.28. The highest BCUT2D eigenvalue weighted by Crippen LogP contribution is 2.44. The summed E-state index contributed by atoms with van der Waals surface area (Å²) in [6.07, 6.45) is 1.62. The van der Waals surface area contributed by atoms with Crippen molar-refractivity contribution in [3.63, 3.8) is 0 Å². The Morgan fingerprint density at radius 2 is 1.83 bits per heavy atom. The quantitative estimate of drug-likeness (QED) is 0.550. The second-order valence-corrected chi connectivity index (χ2v) is 9.59. The standard InChI is InChI=1S/C25H27NO3S/c1-25(2)14-19-20(13-21(25)29-15-16-7-5-4-6-8-16)30-24(26)22(19)23(27)17-9-11-18(28-3)12-10-17/h4-12,21H,13-15,26H2,1-3H3. The minimum absolute atomic E-state index is 0.0212. The van der Waals surface area contributed by atoms with Crippen LogP contribution >= 0.6 is 11.3 Å². The number of nitrogen functional groups attached to an aromatic ring is 1. The van der Waals surface area contributed by atoms with E-state index in [4.69, 9.17) is 15.2 Å². The van der Waals surface area contributed by atoms with Gasteiger partial charge in [0.05, 0.1) is 30.4 Å². The number of benzene rings is 2. The summed E-state index contributed by atoms with van der Waals surface area (Å²) in [7, 11) is 1.61. The van der Waals surface area contributed by atoms with Gasteiger partial charge in [0.1, 0.15) is 5.75 Å². The molecule has 0 fully saturated rings.